The molecular weight excluding hydrogens is 406 g/mol. The Labute approximate surface area is 174 Å². The molecule has 4 heterocycles. The van der Waals surface area contributed by atoms with Gasteiger partial charge in [0.05, 0.1) is 6.26 Å². The molecule has 4 aromatic heterocycles. The number of tetrazole rings is 1. The van der Waals surface area contributed by atoms with E-state index in [1.54, 1.807) is 47.1 Å². The molecular formula is C20H14ClN7O2. The van der Waals surface area contributed by atoms with E-state index in [1.807, 2.05) is 24.4 Å². The first kappa shape index (κ1) is 18.1. The molecule has 5 aromatic rings. The lowest BCUT2D eigenvalue weighted by Gasteiger charge is -2.06. The molecule has 0 saturated heterocycles. The minimum atomic E-state index is -0.325. The van der Waals surface area contributed by atoms with Crippen LogP contribution in [0.25, 0.3) is 28.5 Å². The highest BCUT2D eigenvalue weighted by atomic mass is 35.5. The van der Waals surface area contributed by atoms with E-state index in [2.05, 4.69) is 25.7 Å². The number of rotatable bonds is 5. The topological polar surface area (TPSA) is 103 Å². The Balaban J connectivity index is 1.39. The fraction of sp³-hybridized carbons (Fsp3) is 0.0500. The van der Waals surface area contributed by atoms with E-state index in [-0.39, 0.29) is 12.5 Å². The number of imidazole rings is 1. The van der Waals surface area contributed by atoms with Crippen LogP contribution in [0.5, 0.6) is 0 Å². The second-order valence-electron chi connectivity index (χ2n) is 6.41. The van der Waals surface area contributed by atoms with Gasteiger partial charge in [0.2, 0.25) is 11.7 Å². The van der Waals surface area contributed by atoms with Gasteiger partial charge in [-0.05, 0) is 53.7 Å². The van der Waals surface area contributed by atoms with Crippen LogP contribution in [0, 0.1) is 0 Å². The summed E-state index contributed by atoms with van der Waals surface area (Å²) in [5.74, 6) is 1.14. The van der Waals surface area contributed by atoms with Gasteiger partial charge in [0.15, 0.2) is 5.76 Å². The van der Waals surface area contributed by atoms with Gasteiger partial charge in [-0.3, -0.25) is 9.20 Å². The van der Waals surface area contributed by atoms with Crippen molar-refractivity contribution in [3.8, 4) is 22.8 Å². The minimum absolute atomic E-state index is 0.113. The summed E-state index contributed by atoms with van der Waals surface area (Å²) >= 11 is 5.90. The van der Waals surface area contributed by atoms with E-state index in [4.69, 9.17) is 16.0 Å². The van der Waals surface area contributed by atoms with Crippen LogP contribution in [0.3, 0.4) is 0 Å². The Kier molecular flexibility index (Phi) is 4.49. The van der Waals surface area contributed by atoms with Crippen LogP contribution in [0.4, 0.5) is 5.82 Å². The molecule has 0 atom stereocenters. The highest BCUT2D eigenvalue weighted by Gasteiger charge is 2.19. The molecule has 0 spiro atoms. The number of nitrogens with one attached hydrogen (secondary N) is 1. The van der Waals surface area contributed by atoms with Crippen molar-refractivity contribution >= 4 is 29.0 Å². The molecule has 0 unspecified atom stereocenters. The van der Waals surface area contributed by atoms with Gasteiger partial charge >= 0.3 is 0 Å². The molecule has 1 N–H and O–H groups in total. The van der Waals surface area contributed by atoms with Gasteiger partial charge in [0.1, 0.15) is 23.7 Å². The predicted molar refractivity (Wildman–Crippen MR) is 110 cm³/mol. The average molecular weight is 420 g/mol. The number of nitrogens with zero attached hydrogens (tertiary/aromatic N) is 6. The number of amides is 1. The van der Waals surface area contributed by atoms with E-state index < -0.39 is 0 Å². The molecule has 0 aliphatic carbocycles. The van der Waals surface area contributed by atoms with E-state index in [0.717, 1.165) is 5.56 Å². The van der Waals surface area contributed by atoms with Crippen LogP contribution in [-0.4, -0.2) is 35.5 Å². The number of carbonyl (C=O) groups is 1. The van der Waals surface area contributed by atoms with E-state index in [1.165, 1.54) is 4.80 Å². The molecule has 0 saturated carbocycles. The third-order valence-corrected chi connectivity index (χ3v) is 4.63. The van der Waals surface area contributed by atoms with Crippen molar-refractivity contribution in [2.45, 2.75) is 6.54 Å². The maximum Gasteiger partial charge on any atom is 0.249 e. The number of hydrogen-bond donors (Lipinski definition) is 1. The molecule has 148 valence electrons. The zero-order valence-electron chi connectivity index (χ0n) is 15.4. The lowest BCUT2D eigenvalue weighted by atomic mass is 10.2. The molecule has 1 amide bonds. The van der Waals surface area contributed by atoms with Gasteiger partial charge in [-0.25, -0.2) is 4.98 Å². The highest BCUT2D eigenvalue weighted by Crippen LogP contribution is 2.29. The van der Waals surface area contributed by atoms with E-state index in [9.17, 15) is 4.79 Å². The third-order valence-electron chi connectivity index (χ3n) is 4.38. The van der Waals surface area contributed by atoms with Crippen molar-refractivity contribution in [1.82, 2.24) is 29.6 Å². The molecule has 0 aliphatic rings. The SMILES string of the molecule is O=C(Cn1nnc(-c2ccc(Cl)cc2)n1)Nc1c(-c2ccco2)nc2ccccn12. The van der Waals surface area contributed by atoms with Crippen molar-refractivity contribution in [1.29, 1.82) is 0 Å². The standard InChI is InChI=1S/C20H14ClN7O2/c21-14-8-6-13(7-9-14)19-24-26-28(25-19)12-17(29)23-20-18(15-4-3-11-30-15)22-16-5-1-2-10-27(16)20/h1-11H,12H2,(H,23,29). The van der Waals surface area contributed by atoms with Crippen molar-refractivity contribution < 1.29 is 9.21 Å². The van der Waals surface area contributed by atoms with Gasteiger partial charge in [0.25, 0.3) is 0 Å². The maximum absolute atomic E-state index is 12.7. The number of aromatic nitrogens is 6. The van der Waals surface area contributed by atoms with Gasteiger partial charge < -0.3 is 9.73 Å². The second-order valence-corrected chi connectivity index (χ2v) is 6.85. The number of pyridine rings is 1. The van der Waals surface area contributed by atoms with Crippen LogP contribution >= 0.6 is 11.6 Å². The highest BCUT2D eigenvalue weighted by molar-refractivity contribution is 6.30. The summed E-state index contributed by atoms with van der Waals surface area (Å²) in [6.07, 6.45) is 3.37. The van der Waals surface area contributed by atoms with Crippen LogP contribution in [0.1, 0.15) is 0 Å². The molecule has 0 fully saturated rings. The summed E-state index contributed by atoms with van der Waals surface area (Å²) < 4.78 is 7.26. The normalized spacial score (nSPS) is 11.1. The molecule has 9 nitrogen and oxygen atoms in total. The van der Waals surface area contributed by atoms with Crippen LogP contribution < -0.4 is 5.32 Å². The van der Waals surface area contributed by atoms with E-state index >= 15 is 0 Å². The molecule has 0 bridgehead atoms. The molecule has 5 rings (SSSR count). The molecule has 1 aromatic carbocycles. The van der Waals surface area contributed by atoms with Crippen molar-refractivity contribution in [3.63, 3.8) is 0 Å². The smallest absolute Gasteiger partial charge is 0.249 e. The molecule has 30 heavy (non-hydrogen) atoms. The number of anilines is 1. The Hall–Kier alpha value is -3.98. The first-order valence-corrected chi connectivity index (χ1v) is 9.40. The van der Waals surface area contributed by atoms with Gasteiger partial charge in [-0.1, -0.05) is 17.7 Å². The van der Waals surface area contributed by atoms with Crippen LogP contribution in [0.15, 0.2) is 71.5 Å². The van der Waals surface area contributed by atoms with E-state index in [0.29, 0.717) is 33.8 Å². The van der Waals surface area contributed by atoms with Gasteiger partial charge in [-0.15, -0.1) is 10.2 Å². The Morgan fingerprint density at radius 2 is 1.97 bits per heavy atom. The number of fused-ring (bicyclic) bond motifs is 1. The monoisotopic (exact) mass is 419 g/mol. The van der Waals surface area contributed by atoms with Crippen molar-refractivity contribution in [2.24, 2.45) is 0 Å². The van der Waals surface area contributed by atoms with Crippen molar-refractivity contribution in [3.05, 3.63) is 72.1 Å². The second kappa shape index (κ2) is 7.45. The summed E-state index contributed by atoms with van der Waals surface area (Å²) in [6, 6.07) is 16.2. The first-order chi connectivity index (χ1) is 14.7. The summed E-state index contributed by atoms with van der Waals surface area (Å²) in [5.41, 5.74) is 1.98. The quantitative estimate of drug-likeness (QED) is 0.467. The van der Waals surface area contributed by atoms with Gasteiger partial charge in [-0.2, -0.15) is 4.80 Å². The fourth-order valence-electron chi connectivity index (χ4n) is 3.03. The first-order valence-electron chi connectivity index (χ1n) is 9.02. The molecule has 0 radical (unpaired) electrons. The number of hydrogen-bond acceptors (Lipinski definition) is 6. The molecule has 0 aliphatic heterocycles. The zero-order valence-corrected chi connectivity index (χ0v) is 16.2. The molecule has 10 heteroatoms. The number of furan rings is 1. The lowest BCUT2D eigenvalue weighted by Crippen LogP contribution is -2.21. The number of halogens is 1. The minimum Gasteiger partial charge on any atom is -0.463 e. The Morgan fingerprint density at radius 3 is 2.77 bits per heavy atom. The van der Waals surface area contributed by atoms with Crippen LogP contribution in [-0.2, 0) is 11.3 Å². The summed E-state index contributed by atoms with van der Waals surface area (Å²) in [5, 5.41) is 15.7. The largest absolute Gasteiger partial charge is 0.463 e. The average Bonchev–Trinajstić information content (AvgIpc) is 3.49. The maximum atomic E-state index is 12.7. The van der Waals surface area contributed by atoms with Crippen LogP contribution in [0.2, 0.25) is 5.02 Å². The Bertz CT molecular complexity index is 1320. The number of benzene rings is 1. The predicted octanol–water partition coefficient (Wildman–Crippen LogP) is 3.54. The van der Waals surface area contributed by atoms with Crippen molar-refractivity contribution in [2.75, 3.05) is 5.32 Å². The lowest BCUT2D eigenvalue weighted by molar-refractivity contribution is -0.117. The summed E-state index contributed by atoms with van der Waals surface area (Å²) in [7, 11) is 0. The summed E-state index contributed by atoms with van der Waals surface area (Å²) in [4.78, 5) is 18.5. The fourth-order valence-corrected chi connectivity index (χ4v) is 3.15. The Morgan fingerprint density at radius 1 is 1.10 bits per heavy atom. The summed E-state index contributed by atoms with van der Waals surface area (Å²) in [6.45, 7) is -0.113. The van der Waals surface area contributed by atoms with Gasteiger partial charge in [0, 0.05) is 16.8 Å². The zero-order chi connectivity index (χ0) is 20.5. The third kappa shape index (κ3) is 3.42. The number of carbonyl (C=O) groups excluding carboxylic acids is 1.